The van der Waals surface area contributed by atoms with Crippen molar-refractivity contribution >= 4 is 5.91 Å². The molecule has 4 rings (SSSR count). The van der Waals surface area contributed by atoms with Crippen molar-refractivity contribution in [2.24, 2.45) is 5.41 Å². The third-order valence-electron chi connectivity index (χ3n) is 6.57. The fourth-order valence-corrected chi connectivity index (χ4v) is 4.65. The molecule has 2 N–H and O–H groups in total. The van der Waals surface area contributed by atoms with Gasteiger partial charge in [-0.25, -0.2) is 4.39 Å². The van der Waals surface area contributed by atoms with E-state index in [4.69, 9.17) is 9.47 Å². The van der Waals surface area contributed by atoms with E-state index in [0.717, 1.165) is 55.5 Å². The third kappa shape index (κ3) is 5.08. The number of nitrogens with one attached hydrogen (secondary N) is 2. The lowest BCUT2D eigenvalue weighted by Crippen LogP contribution is -2.51. The molecule has 5 nitrogen and oxygen atoms in total. The summed E-state index contributed by atoms with van der Waals surface area (Å²) < 4.78 is 24.7. The average molecular weight is 427 g/mol. The van der Waals surface area contributed by atoms with Gasteiger partial charge in [-0.05, 0) is 74.5 Å². The zero-order chi connectivity index (χ0) is 21.7. The first kappa shape index (κ1) is 21.8. The number of rotatable bonds is 6. The Morgan fingerprint density at radius 1 is 1.16 bits per heavy atom. The second-order valence-electron chi connectivity index (χ2n) is 8.61. The van der Waals surface area contributed by atoms with Crippen LogP contribution in [0.4, 0.5) is 4.39 Å². The highest BCUT2D eigenvalue weighted by Crippen LogP contribution is 2.36. The zero-order valence-corrected chi connectivity index (χ0v) is 18.1. The molecule has 0 saturated carbocycles. The number of amides is 1. The summed E-state index contributed by atoms with van der Waals surface area (Å²) in [6.45, 7) is 3.12. The Labute approximate surface area is 183 Å². The molecule has 31 heavy (non-hydrogen) atoms. The van der Waals surface area contributed by atoms with Crippen LogP contribution in [-0.2, 0) is 16.0 Å². The van der Waals surface area contributed by atoms with Gasteiger partial charge in [0, 0.05) is 24.8 Å². The number of benzene rings is 2. The molecule has 2 aliphatic rings. The summed E-state index contributed by atoms with van der Waals surface area (Å²) >= 11 is 0. The van der Waals surface area contributed by atoms with Crippen molar-refractivity contribution in [2.45, 2.75) is 38.1 Å². The monoisotopic (exact) mass is 426 g/mol. The van der Waals surface area contributed by atoms with Gasteiger partial charge in [-0.3, -0.25) is 4.79 Å². The summed E-state index contributed by atoms with van der Waals surface area (Å²) in [6, 6.07) is 12.8. The Hall–Kier alpha value is -2.44. The topological polar surface area (TPSA) is 59.6 Å². The van der Waals surface area contributed by atoms with Crippen molar-refractivity contribution in [3.63, 3.8) is 0 Å². The van der Waals surface area contributed by atoms with Crippen LogP contribution >= 0.6 is 0 Å². The first-order valence-corrected chi connectivity index (χ1v) is 11.1. The van der Waals surface area contributed by atoms with Crippen LogP contribution in [0.2, 0.25) is 0 Å². The molecule has 0 bridgehead atoms. The van der Waals surface area contributed by atoms with Gasteiger partial charge in [0.2, 0.25) is 5.91 Å². The minimum Gasteiger partial charge on any atom is -0.496 e. The van der Waals surface area contributed by atoms with Crippen LogP contribution in [0.3, 0.4) is 0 Å². The predicted octanol–water partition coefficient (Wildman–Crippen LogP) is 3.71. The molecule has 2 aromatic carbocycles. The lowest BCUT2D eigenvalue weighted by Gasteiger charge is -2.38. The highest BCUT2D eigenvalue weighted by atomic mass is 19.1. The van der Waals surface area contributed by atoms with E-state index in [9.17, 15) is 9.18 Å². The molecular formula is C25H31FN2O3. The zero-order valence-electron chi connectivity index (χ0n) is 18.1. The molecule has 2 aliphatic heterocycles. The molecule has 2 aromatic rings. The Balaban J connectivity index is 1.52. The largest absolute Gasteiger partial charge is 0.496 e. The van der Waals surface area contributed by atoms with Crippen molar-refractivity contribution in [3.8, 4) is 16.9 Å². The molecule has 2 saturated heterocycles. The van der Waals surface area contributed by atoms with Crippen molar-refractivity contribution in [2.75, 3.05) is 33.4 Å². The number of hydrogen-bond donors (Lipinski definition) is 2. The molecule has 0 unspecified atom stereocenters. The van der Waals surface area contributed by atoms with Crippen LogP contribution in [0.5, 0.6) is 5.75 Å². The van der Waals surface area contributed by atoms with E-state index in [2.05, 4.69) is 10.6 Å². The minimum atomic E-state index is -0.443. The molecule has 2 fully saturated rings. The lowest BCUT2D eigenvalue weighted by atomic mass is 9.74. The number of halogens is 1. The molecule has 2 heterocycles. The molecular weight excluding hydrogens is 395 g/mol. The lowest BCUT2D eigenvalue weighted by molar-refractivity contribution is -0.137. The maximum absolute atomic E-state index is 13.8. The van der Waals surface area contributed by atoms with E-state index < -0.39 is 5.41 Å². The predicted molar refractivity (Wildman–Crippen MR) is 119 cm³/mol. The number of ether oxygens (including phenoxy) is 2. The summed E-state index contributed by atoms with van der Waals surface area (Å²) in [6.07, 6.45) is 4.07. The molecule has 0 aromatic heterocycles. The van der Waals surface area contributed by atoms with E-state index in [1.54, 1.807) is 13.2 Å². The standard InChI is InChI=1S/C25H31FN2O3/c1-30-23-7-6-20(26)16-22(23)19-4-2-18(3-5-19)17-25(10-14-31-15-11-25)24(29)28-21-8-12-27-13-9-21/h2-7,16,21,27H,8-15,17H2,1H3,(H,28,29). The molecule has 0 atom stereocenters. The normalized spacial score (nSPS) is 19.0. The van der Waals surface area contributed by atoms with Gasteiger partial charge in [-0.1, -0.05) is 24.3 Å². The molecule has 6 heteroatoms. The minimum absolute atomic E-state index is 0.151. The fourth-order valence-electron chi connectivity index (χ4n) is 4.65. The highest BCUT2D eigenvalue weighted by Gasteiger charge is 2.40. The molecule has 1 amide bonds. The second-order valence-corrected chi connectivity index (χ2v) is 8.61. The smallest absolute Gasteiger partial charge is 0.226 e. The Morgan fingerprint density at radius 3 is 2.55 bits per heavy atom. The second kappa shape index (κ2) is 9.79. The first-order valence-electron chi connectivity index (χ1n) is 11.1. The van der Waals surface area contributed by atoms with Crippen molar-refractivity contribution < 1.29 is 18.7 Å². The van der Waals surface area contributed by atoms with Crippen LogP contribution in [0, 0.1) is 11.2 Å². The Bertz CT molecular complexity index is 888. The van der Waals surface area contributed by atoms with Crippen LogP contribution < -0.4 is 15.4 Å². The molecule has 0 aliphatic carbocycles. The highest BCUT2D eigenvalue weighted by molar-refractivity contribution is 5.83. The van der Waals surface area contributed by atoms with Gasteiger partial charge < -0.3 is 20.1 Å². The van der Waals surface area contributed by atoms with Crippen LogP contribution in [-0.4, -0.2) is 45.4 Å². The molecule has 0 radical (unpaired) electrons. The summed E-state index contributed by atoms with van der Waals surface area (Å²) in [5, 5.41) is 6.66. The first-order chi connectivity index (χ1) is 15.1. The van der Waals surface area contributed by atoms with Gasteiger partial charge in [0.25, 0.3) is 0 Å². The summed E-state index contributed by atoms with van der Waals surface area (Å²) in [5.41, 5.74) is 2.27. The van der Waals surface area contributed by atoms with Crippen molar-refractivity contribution in [3.05, 3.63) is 53.8 Å². The van der Waals surface area contributed by atoms with Gasteiger partial charge in [-0.2, -0.15) is 0 Å². The summed E-state index contributed by atoms with van der Waals surface area (Å²) in [4.78, 5) is 13.4. The molecule has 166 valence electrons. The number of piperidine rings is 1. The Kier molecular flexibility index (Phi) is 6.88. The van der Waals surface area contributed by atoms with Crippen LogP contribution in [0.25, 0.3) is 11.1 Å². The SMILES string of the molecule is COc1ccc(F)cc1-c1ccc(CC2(C(=O)NC3CCNCC3)CCOCC2)cc1. The van der Waals surface area contributed by atoms with E-state index in [1.807, 2.05) is 24.3 Å². The maximum atomic E-state index is 13.8. The average Bonchev–Trinajstić information content (AvgIpc) is 2.81. The molecule has 0 spiro atoms. The van der Waals surface area contributed by atoms with E-state index >= 15 is 0 Å². The van der Waals surface area contributed by atoms with E-state index in [1.165, 1.54) is 12.1 Å². The van der Waals surface area contributed by atoms with Gasteiger partial charge in [0.1, 0.15) is 11.6 Å². The van der Waals surface area contributed by atoms with E-state index in [0.29, 0.717) is 25.4 Å². The van der Waals surface area contributed by atoms with Gasteiger partial charge >= 0.3 is 0 Å². The number of hydrogen-bond acceptors (Lipinski definition) is 4. The summed E-state index contributed by atoms with van der Waals surface area (Å²) in [7, 11) is 1.58. The van der Waals surface area contributed by atoms with Gasteiger partial charge in [-0.15, -0.1) is 0 Å². The quantitative estimate of drug-likeness (QED) is 0.739. The fraction of sp³-hybridized carbons (Fsp3) is 0.480. The van der Waals surface area contributed by atoms with Gasteiger partial charge in [0.05, 0.1) is 12.5 Å². The van der Waals surface area contributed by atoms with Crippen LogP contribution in [0.1, 0.15) is 31.2 Å². The van der Waals surface area contributed by atoms with Crippen LogP contribution in [0.15, 0.2) is 42.5 Å². The van der Waals surface area contributed by atoms with E-state index in [-0.39, 0.29) is 17.8 Å². The number of methoxy groups -OCH3 is 1. The number of carbonyl (C=O) groups is 1. The summed E-state index contributed by atoms with van der Waals surface area (Å²) in [5.74, 6) is 0.491. The number of carbonyl (C=O) groups excluding carboxylic acids is 1. The maximum Gasteiger partial charge on any atom is 0.226 e. The van der Waals surface area contributed by atoms with Crippen molar-refractivity contribution in [1.82, 2.24) is 10.6 Å². The van der Waals surface area contributed by atoms with Crippen molar-refractivity contribution in [1.29, 1.82) is 0 Å². The van der Waals surface area contributed by atoms with Gasteiger partial charge in [0.15, 0.2) is 0 Å². The third-order valence-corrected chi connectivity index (χ3v) is 6.57. The Morgan fingerprint density at radius 2 is 1.87 bits per heavy atom.